The van der Waals surface area contributed by atoms with Crippen LogP contribution in [0.3, 0.4) is 0 Å². The van der Waals surface area contributed by atoms with Crippen LogP contribution in [0.25, 0.3) is 22.1 Å². The molecule has 0 aliphatic heterocycles. The van der Waals surface area contributed by atoms with Gasteiger partial charge in [0.15, 0.2) is 5.76 Å². The van der Waals surface area contributed by atoms with Crippen LogP contribution in [0.2, 0.25) is 0 Å². The van der Waals surface area contributed by atoms with E-state index in [1.807, 2.05) is 54.7 Å². The maximum Gasteiger partial charge on any atom is 0.299 e. The predicted octanol–water partition coefficient (Wildman–Crippen LogP) is 6.21. The van der Waals surface area contributed by atoms with Gasteiger partial charge in [-0.15, -0.1) is 0 Å². The normalized spacial score (nSPS) is 11.1. The van der Waals surface area contributed by atoms with E-state index in [0.29, 0.717) is 23.1 Å². The molecule has 5 rings (SSSR count). The number of rotatable bonds is 7. The summed E-state index contributed by atoms with van der Waals surface area (Å²) in [4.78, 5) is 8.43. The van der Waals surface area contributed by atoms with Crippen LogP contribution in [0.1, 0.15) is 13.0 Å². The zero-order chi connectivity index (χ0) is 22.7. The Labute approximate surface area is 198 Å². The van der Waals surface area contributed by atoms with Crippen molar-refractivity contribution in [3.63, 3.8) is 0 Å². The van der Waals surface area contributed by atoms with Crippen molar-refractivity contribution in [3.8, 4) is 11.3 Å². The molecule has 0 spiro atoms. The maximum absolute atomic E-state index is 12.5. The van der Waals surface area contributed by atoms with Gasteiger partial charge in [-0.3, -0.25) is 9.71 Å². The lowest BCUT2D eigenvalue weighted by atomic mass is 10.1. The van der Waals surface area contributed by atoms with E-state index in [-0.39, 0.29) is 13.2 Å². The predicted molar refractivity (Wildman–Crippen MR) is 136 cm³/mol. The second-order valence-electron chi connectivity index (χ2n) is 7.52. The third-order valence-corrected chi connectivity index (χ3v) is 6.28. The summed E-state index contributed by atoms with van der Waals surface area (Å²) in [6, 6.07) is 24.2. The van der Waals surface area contributed by atoms with Crippen molar-refractivity contribution >= 4 is 38.2 Å². The molecule has 0 fully saturated rings. The molecule has 34 heavy (non-hydrogen) atoms. The molecule has 0 radical (unpaired) electrons. The minimum atomic E-state index is -3.55. The first-order chi connectivity index (χ1) is 16.0. The number of fused-ring (bicyclic) bond motifs is 1. The van der Waals surface area contributed by atoms with Crippen molar-refractivity contribution in [2.75, 3.05) is 10.0 Å². The highest BCUT2D eigenvalue weighted by Gasteiger charge is 2.13. The average molecular weight is 473 g/mol. The van der Waals surface area contributed by atoms with E-state index in [4.69, 9.17) is 4.42 Å². The van der Waals surface area contributed by atoms with Crippen LogP contribution in [0.5, 0.6) is 0 Å². The monoisotopic (exact) mass is 472 g/mol. The Bertz CT molecular complexity index is 1520. The van der Waals surface area contributed by atoms with Crippen LogP contribution in [0.15, 0.2) is 102 Å². The Hall–Kier alpha value is -4.17. The van der Waals surface area contributed by atoms with Gasteiger partial charge in [0.05, 0.1) is 17.6 Å². The van der Waals surface area contributed by atoms with Gasteiger partial charge in [0.25, 0.3) is 6.01 Å². The number of hydrogen-bond donors (Lipinski definition) is 2. The first-order valence-corrected chi connectivity index (χ1v) is 11.9. The SMILES string of the molecule is C.O=S(=O)(Cc1ccccc1)Nc1cccc(Nc2ncc(-c3ccc4cnccc4c3)o2)c1. The van der Waals surface area contributed by atoms with Crippen LogP contribution >= 0.6 is 0 Å². The summed E-state index contributed by atoms with van der Waals surface area (Å²) in [5, 5.41) is 5.19. The topological polar surface area (TPSA) is 97.1 Å². The number of nitrogens with zero attached hydrogens (tertiary/aromatic N) is 2. The van der Waals surface area contributed by atoms with Crippen molar-refractivity contribution in [3.05, 3.63) is 103 Å². The van der Waals surface area contributed by atoms with Crippen molar-refractivity contribution in [1.29, 1.82) is 0 Å². The van der Waals surface area contributed by atoms with Crippen molar-refractivity contribution < 1.29 is 12.8 Å². The molecule has 0 aliphatic rings. The second-order valence-corrected chi connectivity index (χ2v) is 9.24. The van der Waals surface area contributed by atoms with Crippen LogP contribution in [-0.2, 0) is 15.8 Å². The molecule has 0 aliphatic carbocycles. The zero-order valence-electron chi connectivity index (χ0n) is 17.5. The van der Waals surface area contributed by atoms with Gasteiger partial charge >= 0.3 is 0 Å². The quantitative estimate of drug-likeness (QED) is 0.292. The molecule has 3 aromatic carbocycles. The van der Waals surface area contributed by atoms with Gasteiger partial charge in [-0.1, -0.05) is 56.0 Å². The van der Waals surface area contributed by atoms with Crippen LogP contribution in [0, 0.1) is 0 Å². The first-order valence-electron chi connectivity index (χ1n) is 10.3. The average Bonchev–Trinajstić information content (AvgIpc) is 3.27. The highest BCUT2D eigenvalue weighted by Crippen LogP contribution is 2.28. The number of nitrogens with one attached hydrogen (secondary N) is 2. The largest absolute Gasteiger partial charge is 0.423 e. The van der Waals surface area contributed by atoms with Crippen molar-refractivity contribution in [2.45, 2.75) is 13.2 Å². The van der Waals surface area contributed by atoms with E-state index in [2.05, 4.69) is 20.0 Å². The van der Waals surface area contributed by atoms with Gasteiger partial charge in [0, 0.05) is 29.0 Å². The molecule has 2 aromatic heterocycles. The Morgan fingerprint density at radius 1 is 0.824 bits per heavy atom. The molecule has 0 atom stereocenters. The number of aromatic nitrogens is 2. The van der Waals surface area contributed by atoms with E-state index < -0.39 is 10.0 Å². The number of pyridine rings is 1. The fraction of sp³-hybridized carbons (Fsp3) is 0.0769. The second kappa shape index (κ2) is 9.76. The molecule has 172 valence electrons. The molecule has 5 aromatic rings. The third-order valence-electron chi connectivity index (χ3n) is 5.02. The lowest BCUT2D eigenvalue weighted by Crippen LogP contribution is -2.15. The number of anilines is 3. The van der Waals surface area contributed by atoms with Gasteiger partial charge in [-0.05, 0) is 41.3 Å². The van der Waals surface area contributed by atoms with Crippen LogP contribution < -0.4 is 10.0 Å². The Balaban J connectivity index is 0.00000274. The number of hydrogen-bond acceptors (Lipinski definition) is 6. The fourth-order valence-corrected chi connectivity index (χ4v) is 4.68. The molecule has 0 saturated heterocycles. The lowest BCUT2D eigenvalue weighted by Gasteiger charge is -2.10. The van der Waals surface area contributed by atoms with E-state index in [1.165, 1.54) is 0 Å². The van der Waals surface area contributed by atoms with Crippen LogP contribution in [0.4, 0.5) is 17.4 Å². The van der Waals surface area contributed by atoms with E-state index in [0.717, 1.165) is 21.9 Å². The number of benzene rings is 3. The Morgan fingerprint density at radius 2 is 1.65 bits per heavy atom. The summed E-state index contributed by atoms with van der Waals surface area (Å²) in [5.74, 6) is 0.520. The molecular formula is C26H24N4O3S. The Morgan fingerprint density at radius 3 is 2.50 bits per heavy atom. The highest BCUT2D eigenvalue weighted by molar-refractivity contribution is 7.91. The zero-order valence-corrected chi connectivity index (χ0v) is 18.3. The Kier molecular flexibility index (Phi) is 6.60. The van der Waals surface area contributed by atoms with E-state index >= 15 is 0 Å². The summed E-state index contributed by atoms with van der Waals surface area (Å²) < 4.78 is 33.5. The summed E-state index contributed by atoms with van der Waals surface area (Å²) in [6.07, 6.45) is 5.21. The van der Waals surface area contributed by atoms with Gasteiger partial charge < -0.3 is 9.73 Å². The summed E-state index contributed by atoms with van der Waals surface area (Å²) in [7, 11) is -3.55. The number of sulfonamides is 1. The van der Waals surface area contributed by atoms with E-state index in [9.17, 15) is 8.42 Å². The van der Waals surface area contributed by atoms with Crippen molar-refractivity contribution in [1.82, 2.24) is 9.97 Å². The lowest BCUT2D eigenvalue weighted by molar-refractivity contribution is 0.592. The highest BCUT2D eigenvalue weighted by atomic mass is 32.2. The molecule has 0 bridgehead atoms. The minimum Gasteiger partial charge on any atom is -0.423 e. The van der Waals surface area contributed by atoms with Gasteiger partial charge in [-0.25, -0.2) is 13.4 Å². The molecule has 8 heteroatoms. The molecular weight excluding hydrogens is 448 g/mol. The molecule has 0 saturated carbocycles. The van der Waals surface area contributed by atoms with Gasteiger partial charge in [0.2, 0.25) is 10.0 Å². The number of oxazole rings is 1. The minimum absolute atomic E-state index is 0. The summed E-state index contributed by atoms with van der Waals surface area (Å²) >= 11 is 0. The molecule has 2 N–H and O–H groups in total. The molecule has 7 nitrogen and oxygen atoms in total. The van der Waals surface area contributed by atoms with Gasteiger partial charge in [0.1, 0.15) is 0 Å². The summed E-state index contributed by atoms with van der Waals surface area (Å²) in [5.41, 5.74) is 2.71. The van der Waals surface area contributed by atoms with Gasteiger partial charge in [-0.2, -0.15) is 0 Å². The smallest absolute Gasteiger partial charge is 0.299 e. The molecule has 0 amide bonds. The fourth-order valence-electron chi connectivity index (χ4n) is 3.50. The van der Waals surface area contributed by atoms with E-state index in [1.54, 1.807) is 42.7 Å². The molecule has 2 heterocycles. The third kappa shape index (κ3) is 5.41. The van der Waals surface area contributed by atoms with Crippen molar-refractivity contribution in [2.24, 2.45) is 0 Å². The molecule has 0 unspecified atom stereocenters. The standard InChI is InChI=1S/C25H20N4O3S.CH4/c30-33(31,17-18-5-2-1-3-6-18)29-23-8-4-7-22(14-23)28-25-27-16-24(32-25)20-9-10-21-15-26-12-11-19(21)13-20;/h1-16,29H,17H2,(H,27,28);1H4. The maximum atomic E-state index is 12.5. The first kappa shape index (κ1) is 23.0. The summed E-state index contributed by atoms with van der Waals surface area (Å²) in [6.45, 7) is 0. The van der Waals surface area contributed by atoms with Crippen LogP contribution in [-0.4, -0.2) is 18.4 Å².